The molecule has 4 rings (SSSR count). The lowest BCUT2D eigenvalue weighted by Gasteiger charge is -2.29. The quantitative estimate of drug-likeness (QED) is 0.0911. The van der Waals surface area contributed by atoms with Gasteiger partial charge in [0.1, 0.15) is 5.57 Å². The van der Waals surface area contributed by atoms with Gasteiger partial charge in [0, 0.05) is 11.1 Å². The van der Waals surface area contributed by atoms with Crippen molar-refractivity contribution in [2.75, 3.05) is 11.5 Å². The van der Waals surface area contributed by atoms with E-state index in [4.69, 9.17) is 44.9 Å². The maximum atomic E-state index is 13.4. The van der Waals surface area contributed by atoms with Crippen molar-refractivity contribution in [3.63, 3.8) is 0 Å². The number of nitrogens with zero attached hydrogens (tertiary/aromatic N) is 3. The van der Waals surface area contributed by atoms with Crippen LogP contribution in [0, 0.1) is 20.2 Å². The molecular weight excluding hydrogens is 667 g/mol. The van der Waals surface area contributed by atoms with Crippen LogP contribution < -0.4 is 19.7 Å². The van der Waals surface area contributed by atoms with Gasteiger partial charge in [0.15, 0.2) is 16.6 Å². The molecule has 12 nitrogen and oxygen atoms in total. The van der Waals surface area contributed by atoms with Gasteiger partial charge in [-0.2, -0.15) is 0 Å². The number of benzene rings is 3. The Labute approximate surface area is 254 Å². The number of carbonyl (C=O) groups excluding carboxylic acids is 2. The zero-order valence-corrected chi connectivity index (χ0v) is 24.5. The second-order valence-electron chi connectivity index (χ2n) is 8.08. The summed E-state index contributed by atoms with van der Waals surface area (Å²) in [5.41, 5.74) is -0.875. The first-order valence-electron chi connectivity index (χ1n) is 11.3. The van der Waals surface area contributed by atoms with E-state index >= 15 is 0 Å². The molecule has 1 fully saturated rings. The summed E-state index contributed by atoms with van der Waals surface area (Å²) in [5, 5.41) is 25.4. The van der Waals surface area contributed by atoms with Crippen LogP contribution in [0.1, 0.15) is 12.5 Å². The number of rotatable bonds is 8. The van der Waals surface area contributed by atoms with Gasteiger partial charge in [-0.25, -0.2) is 0 Å². The lowest BCUT2D eigenvalue weighted by Crippen LogP contribution is -2.54. The maximum Gasteiger partial charge on any atom is 0.318 e. The third-order valence-electron chi connectivity index (χ3n) is 5.46. The van der Waals surface area contributed by atoms with Crippen molar-refractivity contribution in [2.24, 2.45) is 0 Å². The molecule has 2 amide bonds. The molecule has 3 aromatic carbocycles. The molecule has 1 aliphatic heterocycles. The first kappa shape index (κ1) is 29.9. The summed E-state index contributed by atoms with van der Waals surface area (Å²) >= 11 is 20.8. The standard InChI is InChI=1S/C25H15BrCl2N4O8S/c1-2-39-21-9-12(8-16(26)22(21)40-20-6-4-14(31(35)36)11-19(20)32(37)38)7-15-23(33)29-25(41)30(24(15)34)18-5-3-13(27)10-17(18)28/h3-11H,2H2,1H3,(H,29,33,41)/b15-7+. The summed E-state index contributed by atoms with van der Waals surface area (Å²) in [6.45, 7) is 1.84. The smallest absolute Gasteiger partial charge is 0.318 e. The van der Waals surface area contributed by atoms with E-state index in [1.807, 2.05) is 0 Å². The monoisotopic (exact) mass is 680 g/mol. The predicted molar refractivity (Wildman–Crippen MR) is 158 cm³/mol. The highest BCUT2D eigenvalue weighted by atomic mass is 79.9. The Balaban J connectivity index is 1.75. The van der Waals surface area contributed by atoms with Gasteiger partial charge in [-0.3, -0.25) is 40.0 Å². The Hall–Kier alpha value is -4.11. The maximum absolute atomic E-state index is 13.4. The van der Waals surface area contributed by atoms with Crippen molar-refractivity contribution in [1.82, 2.24) is 5.32 Å². The van der Waals surface area contributed by atoms with Gasteiger partial charge in [-0.1, -0.05) is 23.2 Å². The van der Waals surface area contributed by atoms with E-state index in [9.17, 15) is 29.8 Å². The first-order valence-corrected chi connectivity index (χ1v) is 13.3. The van der Waals surface area contributed by atoms with E-state index in [1.54, 1.807) is 6.92 Å². The molecule has 0 saturated carbocycles. The zero-order valence-electron chi connectivity index (χ0n) is 20.6. The highest BCUT2D eigenvalue weighted by molar-refractivity contribution is 9.10. The fourth-order valence-corrected chi connectivity index (χ4v) is 5.00. The minimum atomic E-state index is -0.814. The van der Waals surface area contributed by atoms with Crippen LogP contribution in [-0.4, -0.2) is 33.4 Å². The molecule has 1 heterocycles. The topological polar surface area (TPSA) is 154 Å². The molecule has 16 heteroatoms. The van der Waals surface area contributed by atoms with Crippen LogP contribution in [-0.2, 0) is 9.59 Å². The Morgan fingerprint density at radius 2 is 1.78 bits per heavy atom. The predicted octanol–water partition coefficient (Wildman–Crippen LogP) is 6.59. The van der Waals surface area contributed by atoms with Crippen LogP contribution in [0.25, 0.3) is 6.08 Å². The average Bonchev–Trinajstić information content (AvgIpc) is 2.89. The van der Waals surface area contributed by atoms with Crippen LogP contribution in [0.3, 0.4) is 0 Å². The van der Waals surface area contributed by atoms with Gasteiger partial charge < -0.3 is 9.47 Å². The highest BCUT2D eigenvalue weighted by Crippen LogP contribution is 2.43. The van der Waals surface area contributed by atoms with Crippen molar-refractivity contribution in [1.29, 1.82) is 0 Å². The number of hydrogen-bond acceptors (Lipinski definition) is 9. The second-order valence-corrected chi connectivity index (χ2v) is 10.2. The molecule has 0 atom stereocenters. The van der Waals surface area contributed by atoms with Gasteiger partial charge in [-0.15, -0.1) is 0 Å². The van der Waals surface area contributed by atoms with Crippen molar-refractivity contribution in [3.8, 4) is 17.2 Å². The molecule has 3 aromatic rings. The molecule has 1 aliphatic rings. The summed E-state index contributed by atoms with van der Waals surface area (Å²) in [6.07, 6.45) is 1.29. The fraction of sp³-hybridized carbons (Fsp3) is 0.0800. The number of amides is 2. The number of non-ortho nitro benzene ring substituents is 1. The minimum Gasteiger partial charge on any atom is -0.490 e. The molecule has 0 unspecified atom stereocenters. The number of ether oxygens (including phenoxy) is 2. The number of hydrogen-bond donors (Lipinski definition) is 1. The Bertz CT molecular complexity index is 1680. The Kier molecular flexibility index (Phi) is 8.87. The van der Waals surface area contributed by atoms with Gasteiger partial charge in [0.2, 0.25) is 5.75 Å². The normalized spacial score (nSPS) is 14.2. The van der Waals surface area contributed by atoms with E-state index in [1.165, 1.54) is 36.4 Å². The van der Waals surface area contributed by atoms with Crippen LogP contribution in [0.15, 0.2) is 58.6 Å². The summed E-state index contributed by atoms with van der Waals surface area (Å²) in [7, 11) is 0. The number of carbonyl (C=O) groups is 2. The Morgan fingerprint density at radius 1 is 1.05 bits per heavy atom. The molecule has 1 saturated heterocycles. The number of nitro benzene ring substituents is 2. The van der Waals surface area contributed by atoms with Crippen molar-refractivity contribution in [3.05, 3.63) is 94.4 Å². The minimum absolute atomic E-state index is 0.0149. The summed E-state index contributed by atoms with van der Waals surface area (Å²) in [4.78, 5) is 48.3. The summed E-state index contributed by atoms with van der Waals surface area (Å²) in [6, 6.07) is 10.3. The zero-order chi connectivity index (χ0) is 30.0. The summed E-state index contributed by atoms with van der Waals surface area (Å²) in [5.74, 6) is -1.67. The van der Waals surface area contributed by atoms with Crippen LogP contribution in [0.2, 0.25) is 10.0 Å². The first-order chi connectivity index (χ1) is 19.4. The van der Waals surface area contributed by atoms with E-state index in [0.29, 0.717) is 10.6 Å². The van der Waals surface area contributed by atoms with Crippen molar-refractivity contribution >= 4 is 91.4 Å². The molecule has 41 heavy (non-hydrogen) atoms. The van der Waals surface area contributed by atoms with Gasteiger partial charge in [0.05, 0.1) is 37.7 Å². The largest absolute Gasteiger partial charge is 0.490 e. The molecule has 0 aromatic heterocycles. The highest BCUT2D eigenvalue weighted by Gasteiger charge is 2.35. The number of anilines is 1. The van der Waals surface area contributed by atoms with E-state index in [2.05, 4.69) is 21.2 Å². The van der Waals surface area contributed by atoms with E-state index in [-0.39, 0.29) is 49.7 Å². The molecular formula is C25H15BrCl2N4O8S. The van der Waals surface area contributed by atoms with Crippen molar-refractivity contribution in [2.45, 2.75) is 6.92 Å². The van der Waals surface area contributed by atoms with Gasteiger partial charge in [-0.05, 0) is 83.1 Å². The summed E-state index contributed by atoms with van der Waals surface area (Å²) < 4.78 is 11.7. The molecule has 210 valence electrons. The molecule has 0 bridgehead atoms. The number of thiocarbonyl (C=S) groups is 1. The van der Waals surface area contributed by atoms with Crippen LogP contribution in [0.4, 0.5) is 17.1 Å². The lowest BCUT2D eigenvalue weighted by atomic mass is 10.1. The fourth-order valence-electron chi connectivity index (χ4n) is 3.70. The van der Waals surface area contributed by atoms with Crippen molar-refractivity contribution < 1.29 is 28.9 Å². The lowest BCUT2D eigenvalue weighted by molar-refractivity contribution is -0.394. The molecule has 0 radical (unpaired) electrons. The number of nitrogens with one attached hydrogen (secondary N) is 1. The number of nitro groups is 2. The number of halogens is 3. The van der Waals surface area contributed by atoms with E-state index < -0.39 is 33.0 Å². The van der Waals surface area contributed by atoms with Gasteiger partial charge >= 0.3 is 5.69 Å². The Morgan fingerprint density at radius 3 is 2.41 bits per heavy atom. The SMILES string of the molecule is CCOc1cc(/C=C2\C(=O)NC(=S)N(c3ccc(Cl)cc3Cl)C2=O)cc(Br)c1Oc1ccc([N+](=O)[O-])cc1[N+](=O)[O-]. The average molecular weight is 682 g/mol. The van der Waals surface area contributed by atoms with Gasteiger partial charge in [0.25, 0.3) is 17.5 Å². The molecule has 1 N–H and O–H groups in total. The van der Waals surface area contributed by atoms with E-state index in [0.717, 1.165) is 23.1 Å². The third kappa shape index (κ3) is 6.30. The second kappa shape index (κ2) is 12.2. The molecule has 0 aliphatic carbocycles. The van der Waals surface area contributed by atoms with Crippen LogP contribution >= 0.6 is 51.3 Å². The molecule has 0 spiro atoms. The van der Waals surface area contributed by atoms with Crippen LogP contribution in [0.5, 0.6) is 17.2 Å². The third-order valence-corrected chi connectivity index (χ3v) is 6.87.